The van der Waals surface area contributed by atoms with Crippen LogP contribution in [0.5, 0.6) is 0 Å². The first-order chi connectivity index (χ1) is 10.4. The second kappa shape index (κ2) is 6.44. The first-order valence-electron chi connectivity index (χ1n) is 7.37. The maximum absolute atomic E-state index is 12.5. The molecule has 0 spiro atoms. The molecule has 2 rings (SSSR count). The summed E-state index contributed by atoms with van der Waals surface area (Å²) in [5, 5.41) is 0.525. The quantitative estimate of drug-likeness (QED) is 0.882. The molecule has 1 aromatic heterocycles. The number of aromatic nitrogens is 2. The largest absolute Gasteiger partial charge is 0.339 e. The van der Waals surface area contributed by atoms with Crippen LogP contribution >= 0.6 is 12.2 Å². The summed E-state index contributed by atoms with van der Waals surface area (Å²) in [6.45, 7) is 4.13. The summed E-state index contributed by atoms with van der Waals surface area (Å²) in [4.78, 5) is 29.4. The van der Waals surface area contributed by atoms with Crippen molar-refractivity contribution in [2.24, 2.45) is 7.05 Å². The van der Waals surface area contributed by atoms with Crippen molar-refractivity contribution in [2.45, 2.75) is 32.7 Å². The van der Waals surface area contributed by atoms with Crippen LogP contribution in [0.15, 0.2) is 23.0 Å². The van der Waals surface area contributed by atoms with E-state index in [1.165, 1.54) is 4.57 Å². The van der Waals surface area contributed by atoms with Gasteiger partial charge < -0.3 is 9.88 Å². The lowest BCUT2D eigenvalue weighted by atomic mass is 10.1. The van der Waals surface area contributed by atoms with Crippen LogP contribution in [0.2, 0.25) is 0 Å². The molecule has 0 saturated carbocycles. The van der Waals surface area contributed by atoms with Gasteiger partial charge in [-0.25, -0.2) is 0 Å². The minimum Gasteiger partial charge on any atom is -0.339 e. The van der Waals surface area contributed by atoms with Gasteiger partial charge in [0, 0.05) is 25.7 Å². The Morgan fingerprint density at radius 1 is 1.45 bits per heavy atom. The fourth-order valence-electron chi connectivity index (χ4n) is 2.45. The van der Waals surface area contributed by atoms with Crippen molar-refractivity contribution in [3.8, 4) is 0 Å². The van der Waals surface area contributed by atoms with E-state index in [0.717, 1.165) is 12.8 Å². The van der Waals surface area contributed by atoms with Crippen LogP contribution in [0, 0.1) is 4.77 Å². The van der Waals surface area contributed by atoms with Crippen molar-refractivity contribution in [2.75, 3.05) is 7.05 Å². The first-order valence-corrected chi connectivity index (χ1v) is 7.77. The van der Waals surface area contributed by atoms with Gasteiger partial charge in [-0.3, -0.25) is 14.2 Å². The molecule has 1 amide bonds. The molecule has 0 bridgehead atoms. The normalized spacial score (nSPS) is 12.4. The van der Waals surface area contributed by atoms with E-state index in [4.69, 9.17) is 12.2 Å². The predicted molar refractivity (Wildman–Crippen MR) is 90.8 cm³/mol. The summed E-state index contributed by atoms with van der Waals surface area (Å²) < 4.78 is 1.73. The SMILES string of the molecule is CCC[C@H](C)N(C)C(=O)c1ccc2c(=O)n(C)c(=S)[nH]c2c1. The fraction of sp³-hybridized carbons (Fsp3) is 0.438. The fourth-order valence-corrected chi connectivity index (χ4v) is 2.65. The van der Waals surface area contributed by atoms with Crippen LogP contribution in [0.1, 0.15) is 37.0 Å². The van der Waals surface area contributed by atoms with Gasteiger partial charge >= 0.3 is 0 Å². The highest BCUT2D eigenvalue weighted by Gasteiger charge is 2.17. The average Bonchev–Trinajstić information content (AvgIpc) is 2.51. The Hall–Kier alpha value is -1.95. The molecule has 0 aliphatic heterocycles. The third-order valence-corrected chi connectivity index (χ3v) is 4.41. The standard InChI is InChI=1S/C16H21N3O2S/c1-5-6-10(2)18(3)14(20)11-7-8-12-13(9-11)17-16(22)19(4)15(12)21/h7-10H,5-6H2,1-4H3,(H,17,22)/t10-/m0/s1. The predicted octanol–water partition coefficient (Wildman–Crippen LogP) is 2.86. The van der Waals surface area contributed by atoms with E-state index >= 15 is 0 Å². The summed E-state index contributed by atoms with van der Waals surface area (Å²) in [5.41, 5.74) is 0.984. The van der Waals surface area contributed by atoms with Crippen LogP contribution in [0.25, 0.3) is 10.9 Å². The average molecular weight is 319 g/mol. The lowest BCUT2D eigenvalue weighted by Crippen LogP contribution is -2.35. The van der Waals surface area contributed by atoms with Crippen LogP contribution in [0.3, 0.4) is 0 Å². The summed E-state index contributed by atoms with van der Waals surface area (Å²) in [6, 6.07) is 5.24. The summed E-state index contributed by atoms with van der Waals surface area (Å²) in [7, 11) is 3.43. The molecule has 1 N–H and O–H groups in total. The van der Waals surface area contributed by atoms with Gasteiger partial charge in [0.2, 0.25) is 0 Å². The molecule has 0 saturated heterocycles. The van der Waals surface area contributed by atoms with Gasteiger partial charge in [-0.2, -0.15) is 0 Å². The van der Waals surface area contributed by atoms with E-state index in [-0.39, 0.29) is 17.5 Å². The number of H-pyrrole nitrogens is 1. The van der Waals surface area contributed by atoms with Crippen molar-refractivity contribution >= 4 is 29.0 Å². The molecule has 0 radical (unpaired) electrons. The lowest BCUT2D eigenvalue weighted by Gasteiger charge is -2.24. The van der Waals surface area contributed by atoms with Crippen molar-refractivity contribution in [1.82, 2.24) is 14.5 Å². The van der Waals surface area contributed by atoms with Gasteiger partial charge in [-0.05, 0) is 43.8 Å². The van der Waals surface area contributed by atoms with Crippen LogP contribution in [-0.4, -0.2) is 33.4 Å². The number of aromatic amines is 1. The second-order valence-corrected chi connectivity index (χ2v) is 6.00. The molecule has 5 nitrogen and oxygen atoms in total. The number of nitrogens with one attached hydrogen (secondary N) is 1. The Kier molecular flexibility index (Phi) is 4.81. The molecule has 118 valence electrons. The van der Waals surface area contributed by atoms with Crippen molar-refractivity contribution < 1.29 is 4.79 Å². The highest BCUT2D eigenvalue weighted by molar-refractivity contribution is 7.71. The van der Waals surface area contributed by atoms with Gasteiger partial charge in [0.15, 0.2) is 4.77 Å². The molecular formula is C16H21N3O2S. The van der Waals surface area contributed by atoms with E-state index in [1.54, 1.807) is 37.2 Å². The number of carbonyl (C=O) groups is 1. The highest BCUT2D eigenvalue weighted by atomic mass is 32.1. The highest BCUT2D eigenvalue weighted by Crippen LogP contribution is 2.14. The summed E-state index contributed by atoms with van der Waals surface area (Å²) in [5.74, 6) is -0.0529. The van der Waals surface area contributed by atoms with Crippen LogP contribution in [0.4, 0.5) is 0 Å². The number of benzene rings is 1. The molecule has 2 aromatic rings. The van der Waals surface area contributed by atoms with Gasteiger partial charge in [0.05, 0.1) is 10.9 Å². The molecule has 6 heteroatoms. The van der Waals surface area contributed by atoms with E-state index in [2.05, 4.69) is 11.9 Å². The summed E-state index contributed by atoms with van der Waals surface area (Å²) >= 11 is 5.12. The van der Waals surface area contributed by atoms with E-state index < -0.39 is 0 Å². The molecule has 1 atom stereocenters. The molecule has 22 heavy (non-hydrogen) atoms. The maximum atomic E-state index is 12.5. The topological polar surface area (TPSA) is 58.1 Å². The van der Waals surface area contributed by atoms with Crippen molar-refractivity contribution in [3.63, 3.8) is 0 Å². The van der Waals surface area contributed by atoms with Crippen LogP contribution < -0.4 is 5.56 Å². The molecule has 0 aliphatic rings. The smallest absolute Gasteiger partial charge is 0.261 e. The molecule has 0 aliphatic carbocycles. The second-order valence-electron chi connectivity index (χ2n) is 5.61. The molecule has 1 heterocycles. The Balaban J connectivity index is 2.46. The van der Waals surface area contributed by atoms with Gasteiger partial charge in [0.25, 0.3) is 11.5 Å². The zero-order valence-corrected chi connectivity index (χ0v) is 14.2. The van der Waals surface area contributed by atoms with E-state index in [1.807, 2.05) is 6.92 Å². The minimum absolute atomic E-state index is 0.0529. The Labute approximate surface area is 134 Å². The van der Waals surface area contributed by atoms with Crippen molar-refractivity contribution in [1.29, 1.82) is 0 Å². The monoisotopic (exact) mass is 319 g/mol. The number of nitrogens with zero attached hydrogens (tertiary/aromatic N) is 2. The van der Waals surface area contributed by atoms with Gasteiger partial charge in [-0.1, -0.05) is 13.3 Å². The third kappa shape index (κ3) is 2.97. The Bertz CT molecular complexity index is 822. The number of fused-ring (bicyclic) bond motifs is 1. The zero-order chi connectivity index (χ0) is 16.4. The number of carbonyl (C=O) groups excluding carboxylic acids is 1. The minimum atomic E-state index is -0.162. The van der Waals surface area contributed by atoms with Gasteiger partial charge in [0.1, 0.15) is 0 Å². The number of amides is 1. The van der Waals surface area contributed by atoms with E-state index in [0.29, 0.717) is 21.2 Å². The molecular weight excluding hydrogens is 298 g/mol. The first kappa shape index (κ1) is 16.4. The molecule has 1 aromatic carbocycles. The zero-order valence-electron chi connectivity index (χ0n) is 13.3. The van der Waals surface area contributed by atoms with Crippen LogP contribution in [-0.2, 0) is 7.05 Å². The Morgan fingerprint density at radius 3 is 2.77 bits per heavy atom. The lowest BCUT2D eigenvalue weighted by molar-refractivity contribution is 0.0737. The van der Waals surface area contributed by atoms with E-state index in [9.17, 15) is 9.59 Å². The van der Waals surface area contributed by atoms with Crippen molar-refractivity contribution in [3.05, 3.63) is 38.9 Å². The third-order valence-electron chi connectivity index (χ3n) is 4.04. The van der Waals surface area contributed by atoms with Gasteiger partial charge in [-0.15, -0.1) is 0 Å². The Morgan fingerprint density at radius 2 is 2.14 bits per heavy atom. The number of hydrogen-bond acceptors (Lipinski definition) is 3. The molecule has 0 fully saturated rings. The summed E-state index contributed by atoms with van der Waals surface area (Å²) in [6.07, 6.45) is 1.98. The number of hydrogen-bond donors (Lipinski definition) is 1. The number of rotatable bonds is 4. The maximum Gasteiger partial charge on any atom is 0.261 e. The molecule has 0 unspecified atom stereocenters.